The molecule has 0 aliphatic carbocycles. The molecular formula is C19H22N2O2. The van der Waals surface area contributed by atoms with Crippen molar-refractivity contribution in [2.45, 2.75) is 6.04 Å². The molecule has 2 saturated heterocycles. The molecule has 4 rings (SSSR count). The summed E-state index contributed by atoms with van der Waals surface area (Å²) in [7, 11) is 2.14. The van der Waals surface area contributed by atoms with Crippen molar-refractivity contribution in [2.24, 2.45) is 5.92 Å². The fraction of sp³-hybridized carbons (Fsp3) is 0.421. The zero-order valence-corrected chi connectivity index (χ0v) is 13.4. The maximum absolute atomic E-state index is 13.0. The normalized spacial score (nSPS) is 25.3. The van der Waals surface area contributed by atoms with Crippen LogP contribution < -0.4 is 0 Å². The highest BCUT2D eigenvalue weighted by atomic mass is 16.5. The first-order valence-electron chi connectivity index (χ1n) is 8.27. The van der Waals surface area contributed by atoms with Gasteiger partial charge in [-0.25, -0.2) is 0 Å². The van der Waals surface area contributed by atoms with Gasteiger partial charge in [-0.05, 0) is 30.0 Å². The van der Waals surface area contributed by atoms with Crippen molar-refractivity contribution >= 4 is 16.7 Å². The van der Waals surface area contributed by atoms with Gasteiger partial charge < -0.3 is 9.64 Å². The number of benzene rings is 2. The van der Waals surface area contributed by atoms with Crippen LogP contribution in [0.5, 0.6) is 0 Å². The van der Waals surface area contributed by atoms with Crippen LogP contribution in [0.25, 0.3) is 10.8 Å². The summed E-state index contributed by atoms with van der Waals surface area (Å²) in [5, 5.41) is 2.29. The molecule has 2 bridgehead atoms. The second-order valence-corrected chi connectivity index (χ2v) is 6.77. The van der Waals surface area contributed by atoms with E-state index in [4.69, 9.17) is 4.74 Å². The summed E-state index contributed by atoms with van der Waals surface area (Å²) in [6.07, 6.45) is 0. The third-order valence-electron chi connectivity index (χ3n) is 5.03. The minimum Gasteiger partial charge on any atom is -0.379 e. The van der Waals surface area contributed by atoms with Crippen LogP contribution in [0.3, 0.4) is 0 Å². The van der Waals surface area contributed by atoms with Gasteiger partial charge in [0.2, 0.25) is 0 Å². The molecule has 2 atom stereocenters. The molecule has 0 unspecified atom stereocenters. The van der Waals surface area contributed by atoms with Crippen molar-refractivity contribution < 1.29 is 9.53 Å². The lowest BCUT2D eigenvalue weighted by atomic mass is 10.1. The van der Waals surface area contributed by atoms with Crippen molar-refractivity contribution in [3.8, 4) is 0 Å². The Labute approximate surface area is 136 Å². The first kappa shape index (κ1) is 14.7. The summed E-state index contributed by atoms with van der Waals surface area (Å²) in [6.45, 7) is 4.01. The van der Waals surface area contributed by atoms with E-state index in [0.717, 1.165) is 37.2 Å². The number of carbonyl (C=O) groups excluding carboxylic acids is 1. The summed E-state index contributed by atoms with van der Waals surface area (Å²) < 4.78 is 5.74. The van der Waals surface area contributed by atoms with E-state index >= 15 is 0 Å². The molecule has 2 fully saturated rings. The molecule has 2 aliphatic rings. The summed E-state index contributed by atoms with van der Waals surface area (Å²) in [5.74, 6) is 0.542. The van der Waals surface area contributed by atoms with Crippen LogP contribution >= 0.6 is 0 Å². The minimum absolute atomic E-state index is 0.142. The molecule has 0 saturated carbocycles. The molecule has 120 valence electrons. The Bertz CT molecular complexity index is 730. The summed E-state index contributed by atoms with van der Waals surface area (Å²) in [5.41, 5.74) is 0.784. The molecule has 2 aliphatic heterocycles. The SMILES string of the molecule is CN1C[C@H]2COC[C@@H]1CN(C(=O)c1ccc3ccccc3c1)C2. The molecule has 0 radical (unpaired) electrons. The highest BCUT2D eigenvalue weighted by molar-refractivity contribution is 5.98. The molecule has 0 N–H and O–H groups in total. The van der Waals surface area contributed by atoms with Crippen molar-refractivity contribution in [3.63, 3.8) is 0 Å². The number of ether oxygens (including phenoxy) is 1. The first-order chi connectivity index (χ1) is 11.2. The van der Waals surface area contributed by atoms with Crippen molar-refractivity contribution in [2.75, 3.05) is 39.9 Å². The highest BCUT2D eigenvalue weighted by Crippen LogP contribution is 2.22. The monoisotopic (exact) mass is 310 g/mol. The van der Waals surface area contributed by atoms with Crippen LogP contribution in [-0.4, -0.2) is 61.6 Å². The van der Waals surface area contributed by atoms with Gasteiger partial charge in [0.05, 0.1) is 19.3 Å². The van der Waals surface area contributed by atoms with E-state index in [1.807, 2.05) is 35.2 Å². The van der Waals surface area contributed by atoms with E-state index in [9.17, 15) is 4.79 Å². The van der Waals surface area contributed by atoms with Crippen molar-refractivity contribution in [1.29, 1.82) is 0 Å². The minimum atomic E-state index is 0.142. The van der Waals surface area contributed by atoms with Gasteiger partial charge in [-0.15, -0.1) is 0 Å². The largest absolute Gasteiger partial charge is 0.379 e. The lowest BCUT2D eigenvalue weighted by molar-refractivity contribution is 0.0434. The fourth-order valence-corrected chi connectivity index (χ4v) is 3.72. The lowest BCUT2D eigenvalue weighted by Gasteiger charge is -2.30. The Kier molecular flexibility index (Phi) is 3.79. The second kappa shape index (κ2) is 5.95. The standard InChI is InChI=1S/C19H22N2O2/c1-20-9-14-10-21(11-18(20)13-23-12-14)19(22)17-7-6-15-4-2-3-5-16(15)8-17/h2-8,14,18H,9-13H2,1H3/t14-,18+/m1/s1. The van der Waals surface area contributed by atoms with Crippen LogP contribution in [0.4, 0.5) is 0 Å². The second-order valence-electron chi connectivity index (χ2n) is 6.77. The topological polar surface area (TPSA) is 32.8 Å². The number of rotatable bonds is 1. The molecular weight excluding hydrogens is 288 g/mol. The van der Waals surface area contributed by atoms with E-state index < -0.39 is 0 Å². The summed E-state index contributed by atoms with van der Waals surface area (Å²) in [6, 6.07) is 14.5. The van der Waals surface area contributed by atoms with E-state index in [-0.39, 0.29) is 5.91 Å². The number of amides is 1. The van der Waals surface area contributed by atoms with Gasteiger partial charge in [-0.2, -0.15) is 0 Å². The van der Waals surface area contributed by atoms with Gasteiger partial charge in [-0.3, -0.25) is 9.69 Å². The smallest absolute Gasteiger partial charge is 0.253 e. The highest BCUT2D eigenvalue weighted by Gasteiger charge is 2.33. The van der Waals surface area contributed by atoms with Crippen LogP contribution in [0.15, 0.2) is 42.5 Å². The predicted molar refractivity (Wildman–Crippen MR) is 90.6 cm³/mol. The molecule has 1 amide bonds. The van der Waals surface area contributed by atoms with Gasteiger partial charge in [0, 0.05) is 31.1 Å². The number of fused-ring (bicyclic) bond motifs is 4. The van der Waals surface area contributed by atoms with Gasteiger partial charge in [0.1, 0.15) is 0 Å². The van der Waals surface area contributed by atoms with E-state index in [1.54, 1.807) is 0 Å². The maximum atomic E-state index is 13.0. The average molecular weight is 310 g/mol. The van der Waals surface area contributed by atoms with Crippen LogP contribution in [-0.2, 0) is 4.74 Å². The van der Waals surface area contributed by atoms with Crippen molar-refractivity contribution in [3.05, 3.63) is 48.0 Å². The van der Waals surface area contributed by atoms with Gasteiger partial charge in [0.15, 0.2) is 0 Å². The zero-order valence-electron chi connectivity index (χ0n) is 13.4. The third-order valence-corrected chi connectivity index (χ3v) is 5.03. The van der Waals surface area contributed by atoms with Crippen LogP contribution in [0.1, 0.15) is 10.4 Å². The number of hydrogen-bond acceptors (Lipinski definition) is 3. The fourth-order valence-electron chi connectivity index (χ4n) is 3.72. The van der Waals surface area contributed by atoms with Gasteiger partial charge >= 0.3 is 0 Å². The number of likely N-dealkylation sites (N-methyl/N-ethyl adjacent to an activating group) is 1. The maximum Gasteiger partial charge on any atom is 0.253 e. The van der Waals surface area contributed by atoms with E-state index in [2.05, 4.69) is 24.1 Å². The number of nitrogens with zero attached hydrogens (tertiary/aromatic N) is 2. The Morgan fingerprint density at radius 3 is 2.74 bits per heavy atom. The third kappa shape index (κ3) is 2.84. The van der Waals surface area contributed by atoms with Gasteiger partial charge in [0.25, 0.3) is 5.91 Å². The van der Waals surface area contributed by atoms with Crippen LogP contribution in [0.2, 0.25) is 0 Å². The molecule has 2 heterocycles. The van der Waals surface area contributed by atoms with Crippen molar-refractivity contribution in [1.82, 2.24) is 9.80 Å². The molecule has 23 heavy (non-hydrogen) atoms. The molecule has 4 heteroatoms. The molecule has 2 aromatic carbocycles. The molecule has 0 aromatic heterocycles. The Balaban J connectivity index is 1.62. The summed E-state index contributed by atoms with van der Waals surface area (Å²) >= 11 is 0. The predicted octanol–water partition coefficient (Wildman–Crippen LogP) is 2.24. The Hall–Kier alpha value is -1.91. The molecule has 0 spiro atoms. The van der Waals surface area contributed by atoms with Crippen LogP contribution in [0, 0.1) is 5.92 Å². The lowest BCUT2D eigenvalue weighted by Crippen LogP contribution is -2.44. The number of carbonyl (C=O) groups is 1. The quantitative estimate of drug-likeness (QED) is 0.810. The molecule has 4 nitrogen and oxygen atoms in total. The average Bonchev–Trinajstić information content (AvgIpc) is 2.82. The first-order valence-corrected chi connectivity index (χ1v) is 8.27. The molecule has 2 aromatic rings. The van der Waals surface area contributed by atoms with E-state index in [1.165, 1.54) is 5.39 Å². The van der Waals surface area contributed by atoms with E-state index in [0.29, 0.717) is 18.6 Å². The van der Waals surface area contributed by atoms with Gasteiger partial charge in [-0.1, -0.05) is 30.3 Å². The summed E-state index contributed by atoms with van der Waals surface area (Å²) in [4.78, 5) is 17.4. The zero-order chi connectivity index (χ0) is 15.8. The number of hydrogen-bond donors (Lipinski definition) is 0. The Morgan fingerprint density at radius 1 is 1.04 bits per heavy atom. The Morgan fingerprint density at radius 2 is 1.87 bits per heavy atom.